The largest absolute Gasteiger partial charge is 0.497 e. The molecule has 22 heavy (non-hydrogen) atoms. The highest BCUT2D eigenvalue weighted by molar-refractivity contribution is 5.94. The molecular weight excluding hydrogens is 278 g/mol. The maximum absolute atomic E-state index is 12.0. The number of para-hydroxylation sites is 2. The minimum atomic E-state index is -0.0537. The van der Waals surface area contributed by atoms with E-state index in [0.717, 1.165) is 22.3 Å². The number of imidazole rings is 1. The van der Waals surface area contributed by atoms with Crippen LogP contribution in [0.5, 0.6) is 5.75 Å². The molecule has 1 aromatic heterocycles. The topological polar surface area (TPSA) is 56.1 Å². The summed E-state index contributed by atoms with van der Waals surface area (Å²) in [5.41, 5.74) is 2.98. The first kappa shape index (κ1) is 12.9. The Morgan fingerprint density at radius 3 is 2.73 bits per heavy atom. The van der Waals surface area contributed by atoms with E-state index in [1.807, 2.05) is 48.5 Å². The molecule has 5 nitrogen and oxygen atoms in total. The fourth-order valence-corrected chi connectivity index (χ4v) is 2.98. The summed E-state index contributed by atoms with van der Waals surface area (Å²) in [6.45, 7) is 0. The Balaban J connectivity index is 1.88. The molecule has 0 spiro atoms. The molecular formula is C17H15N3O2. The van der Waals surface area contributed by atoms with Gasteiger partial charge in [-0.05, 0) is 29.8 Å². The molecule has 1 N–H and O–H groups in total. The van der Waals surface area contributed by atoms with E-state index in [2.05, 4.69) is 14.9 Å². The molecule has 1 unspecified atom stereocenters. The molecule has 5 heteroatoms. The molecule has 3 aromatic rings. The lowest BCUT2D eigenvalue weighted by Gasteiger charge is -2.26. The molecule has 2 aromatic carbocycles. The number of amides is 1. The summed E-state index contributed by atoms with van der Waals surface area (Å²) in [7, 11) is 1.64. The first-order valence-corrected chi connectivity index (χ1v) is 7.17. The number of fused-ring (bicyclic) bond motifs is 3. The molecule has 1 aliphatic rings. The highest BCUT2D eigenvalue weighted by atomic mass is 16.5. The van der Waals surface area contributed by atoms with E-state index < -0.39 is 0 Å². The second kappa shape index (κ2) is 4.87. The average molecular weight is 293 g/mol. The van der Waals surface area contributed by atoms with Gasteiger partial charge >= 0.3 is 0 Å². The zero-order chi connectivity index (χ0) is 15.1. The van der Waals surface area contributed by atoms with Crippen LogP contribution in [0, 0.1) is 0 Å². The molecule has 4 rings (SSSR count). The molecule has 1 aliphatic heterocycles. The van der Waals surface area contributed by atoms with Crippen LogP contribution in [0.1, 0.15) is 18.0 Å². The minimum absolute atomic E-state index is 0.0105. The van der Waals surface area contributed by atoms with Gasteiger partial charge in [-0.15, -0.1) is 0 Å². The van der Waals surface area contributed by atoms with E-state index in [0.29, 0.717) is 12.4 Å². The number of nitrogens with one attached hydrogen (secondary N) is 1. The van der Waals surface area contributed by atoms with Gasteiger partial charge in [-0.1, -0.05) is 24.3 Å². The van der Waals surface area contributed by atoms with Gasteiger partial charge in [0.05, 0.1) is 30.6 Å². The van der Waals surface area contributed by atoms with Crippen molar-refractivity contribution in [3.8, 4) is 5.75 Å². The van der Waals surface area contributed by atoms with Crippen LogP contribution < -0.4 is 10.1 Å². The third-order valence-corrected chi connectivity index (χ3v) is 4.04. The molecule has 1 atom stereocenters. The normalized spacial score (nSPS) is 17.1. The van der Waals surface area contributed by atoms with Gasteiger partial charge in [-0.2, -0.15) is 0 Å². The number of carbonyl (C=O) groups excluding carboxylic acids is 1. The average Bonchev–Trinajstić information content (AvgIpc) is 2.92. The Bertz CT molecular complexity index is 852. The van der Waals surface area contributed by atoms with Crippen molar-refractivity contribution >= 4 is 22.9 Å². The molecule has 0 radical (unpaired) electrons. The summed E-state index contributed by atoms with van der Waals surface area (Å²) >= 11 is 0. The number of nitrogens with zero attached hydrogens (tertiary/aromatic N) is 2. The fraction of sp³-hybridized carbons (Fsp3) is 0.176. The van der Waals surface area contributed by atoms with E-state index in [9.17, 15) is 4.79 Å². The van der Waals surface area contributed by atoms with Gasteiger partial charge in [0.1, 0.15) is 5.75 Å². The van der Waals surface area contributed by atoms with Crippen molar-refractivity contribution in [2.45, 2.75) is 12.5 Å². The Morgan fingerprint density at radius 2 is 1.95 bits per heavy atom. The summed E-state index contributed by atoms with van der Waals surface area (Å²) in [4.78, 5) is 16.5. The van der Waals surface area contributed by atoms with E-state index in [1.165, 1.54) is 0 Å². The number of rotatable bonds is 2. The van der Waals surface area contributed by atoms with Crippen molar-refractivity contribution in [2.75, 3.05) is 12.4 Å². The van der Waals surface area contributed by atoms with E-state index >= 15 is 0 Å². The van der Waals surface area contributed by atoms with E-state index in [-0.39, 0.29) is 11.9 Å². The van der Waals surface area contributed by atoms with Gasteiger partial charge in [-0.3, -0.25) is 10.1 Å². The van der Waals surface area contributed by atoms with Crippen molar-refractivity contribution in [3.63, 3.8) is 0 Å². The van der Waals surface area contributed by atoms with Gasteiger partial charge in [-0.25, -0.2) is 4.98 Å². The first-order chi connectivity index (χ1) is 10.8. The Morgan fingerprint density at radius 1 is 1.18 bits per heavy atom. The molecule has 0 aliphatic carbocycles. The number of methoxy groups -OCH3 is 1. The van der Waals surface area contributed by atoms with Crippen LogP contribution in [0.4, 0.5) is 5.95 Å². The maximum atomic E-state index is 12.0. The van der Waals surface area contributed by atoms with E-state index in [1.54, 1.807) is 7.11 Å². The molecule has 0 bridgehead atoms. The lowest BCUT2D eigenvalue weighted by molar-refractivity contribution is -0.117. The number of aromatic nitrogens is 2. The van der Waals surface area contributed by atoms with Crippen LogP contribution in [0.2, 0.25) is 0 Å². The number of benzene rings is 2. The lowest BCUT2D eigenvalue weighted by atomic mass is 10.0. The number of anilines is 1. The van der Waals surface area contributed by atoms with Crippen LogP contribution in [0.25, 0.3) is 11.0 Å². The summed E-state index contributed by atoms with van der Waals surface area (Å²) in [6, 6.07) is 15.7. The second-order valence-corrected chi connectivity index (χ2v) is 5.34. The maximum Gasteiger partial charge on any atom is 0.229 e. The van der Waals surface area contributed by atoms with Crippen molar-refractivity contribution < 1.29 is 9.53 Å². The van der Waals surface area contributed by atoms with Crippen molar-refractivity contribution in [3.05, 3.63) is 54.1 Å². The fourth-order valence-electron chi connectivity index (χ4n) is 2.98. The van der Waals surface area contributed by atoms with Gasteiger partial charge < -0.3 is 9.30 Å². The zero-order valence-electron chi connectivity index (χ0n) is 12.1. The minimum Gasteiger partial charge on any atom is -0.497 e. The highest BCUT2D eigenvalue weighted by Gasteiger charge is 2.28. The van der Waals surface area contributed by atoms with Crippen LogP contribution in [-0.2, 0) is 4.79 Å². The van der Waals surface area contributed by atoms with E-state index in [4.69, 9.17) is 4.74 Å². The molecule has 0 fully saturated rings. The lowest BCUT2D eigenvalue weighted by Crippen LogP contribution is -2.28. The van der Waals surface area contributed by atoms with Gasteiger partial charge in [0, 0.05) is 0 Å². The molecule has 2 heterocycles. The first-order valence-electron chi connectivity index (χ1n) is 7.17. The summed E-state index contributed by atoms with van der Waals surface area (Å²) in [6.07, 6.45) is 0.402. The van der Waals surface area contributed by atoms with Crippen LogP contribution in [-0.4, -0.2) is 22.6 Å². The second-order valence-electron chi connectivity index (χ2n) is 5.34. The number of ether oxygens (including phenoxy) is 1. The van der Waals surface area contributed by atoms with Gasteiger partial charge in [0.2, 0.25) is 11.9 Å². The summed E-state index contributed by atoms with van der Waals surface area (Å²) < 4.78 is 7.30. The molecule has 0 saturated carbocycles. The predicted molar refractivity (Wildman–Crippen MR) is 84.1 cm³/mol. The van der Waals surface area contributed by atoms with Crippen molar-refractivity contribution in [1.82, 2.24) is 9.55 Å². The van der Waals surface area contributed by atoms with Crippen LogP contribution >= 0.6 is 0 Å². The SMILES string of the molecule is COc1ccc(C2CC(=O)Nc3nc4ccccc4n32)cc1. The Kier molecular flexibility index (Phi) is 2.85. The van der Waals surface area contributed by atoms with Crippen LogP contribution in [0.3, 0.4) is 0 Å². The smallest absolute Gasteiger partial charge is 0.229 e. The third-order valence-electron chi connectivity index (χ3n) is 4.04. The Labute approximate surface area is 127 Å². The Hall–Kier alpha value is -2.82. The summed E-state index contributed by atoms with van der Waals surface area (Å²) in [5, 5.41) is 2.86. The standard InChI is InChI=1S/C17H15N3O2/c1-22-12-8-6-11(7-9-12)15-10-16(21)19-17-18-13-4-2-3-5-14(13)20(15)17/h2-9,15H,10H2,1H3,(H,18,19,21). The van der Waals surface area contributed by atoms with Crippen molar-refractivity contribution in [1.29, 1.82) is 0 Å². The number of hydrogen-bond donors (Lipinski definition) is 1. The molecule has 110 valence electrons. The zero-order valence-corrected chi connectivity index (χ0v) is 12.1. The quantitative estimate of drug-likeness (QED) is 0.790. The van der Waals surface area contributed by atoms with Gasteiger partial charge in [0.25, 0.3) is 0 Å². The number of hydrogen-bond acceptors (Lipinski definition) is 3. The third kappa shape index (κ3) is 1.94. The molecule has 1 amide bonds. The van der Waals surface area contributed by atoms with Crippen molar-refractivity contribution in [2.24, 2.45) is 0 Å². The molecule has 0 saturated heterocycles. The number of carbonyl (C=O) groups is 1. The summed E-state index contributed by atoms with van der Waals surface area (Å²) in [5.74, 6) is 1.40. The van der Waals surface area contributed by atoms with Crippen LogP contribution in [0.15, 0.2) is 48.5 Å². The predicted octanol–water partition coefficient (Wildman–Crippen LogP) is 2.98. The highest BCUT2D eigenvalue weighted by Crippen LogP contribution is 2.34. The monoisotopic (exact) mass is 293 g/mol. The van der Waals surface area contributed by atoms with Gasteiger partial charge in [0.15, 0.2) is 0 Å².